The first-order valence-electron chi connectivity index (χ1n) is 9.33. The minimum absolute atomic E-state index is 0.0942. The average Bonchev–Trinajstić information content (AvgIpc) is 3.04. The molecule has 1 N–H and O–H groups in total. The molecule has 24 heavy (non-hydrogen) atoms. The van der Waals surface area contributed by atoms with E-state index in [1.54, 1.807) is 7.11 Å². The molecule has 0 saturated carbocycles. The molecule has 2 atom stereocenters. The zero-order valence-electron chi connectivity index (χ0n) is 16.2. The van der Waals surface area contributed by atoms with Crippen molar-refractivity contribution in [3.8, 4) is 0 Å². The molecule has 2 saturated heterocycles. The Labute approximate surface area is 147 Å². The van der Waals surface area contributed by atoms with Gasteiger partial charge in [-0.05, 0) is 18.8 Å². The number of likely N-dealkylation sites (tertiary alicyclic amines) is 1. The maximum absolute atomic E-state index is 5.65. The normalized spacial score (nSPS) is 25.1. The van der Waals surface area contributed by atoms with Gasteiger partial charge in [0.15, 0.2) is 5.96 Å². The summed E-state index contributed by atoms with van der Waals surface area (Å²) in [5.41, 5.74) is 0.0942. The number of aliphatic imine (C=N–C) groups is 1. The highest BCUT2D eigenvalue weighted by Crippen LogP contribution is 2.22. The van der Waals surface area contributed by atoms with Crippen molar-refractivity contribution >= 4 is 5.96 Å². The Balaban J connectivity index is 1.95. The Kier molecular flexibility index (Phi) is 7.32. The van der Waals surface area contributed by atoms with Gasteiger partial charge in [0.1, 0.15) is 0 Å². The van der Waals surface area contributed by atoms with E-state index in [2.05, 4.69) is 42.8 Å². The number of rotatable bonds is 5. The lowest BCUT2D eigenvalue weighted by Gasteiger charge is -2.32. The Morgan fingerprint density at radius 3 is 2.58 bits per heavy atom. The van der Waals surface area contributed by atoms with Crippen LogP contribution in [0, 0.1) is 5.41 Å². The van der Waals surface area contributed by atoms with Crippen molar-refractivity contribution in [3.05, 3.63) is 0 Å². The van der Waals surface area contributed by atoms with Crippen molar-refractivity contribution in [2.75, 3.05) is 59.6 Å². The SMILES string of the molecule is CCNC(=NCC(OC)C(C)(C)C)N1CCC(N2CCOCC2)C1. The minimum Gasteiger partial charge on any atom is -0.379 e. The fourth-order valence-corrected chi connectivity index (χ4v) is 3.47. The van der Waals surface area contributed by atoms with Gasteiger partial charge in [0, 0.05) is 45.9 Å². The molecular formula is C18H36N4O2. The third-order valence-corrected chi connectivity index (χ3v) is 5.02. The summed E-state index contributed by atoms with van der Waals surface area (Å²) in [6.07, 6.45) is 1.33. The first kappa shape index (κ1) is 19.5. The highest BCUT2D eigenvalue weighted by molar-refractivity contribution is 5.80. The summed E-state index contributed by atoms with van der Waals surface area (Å²) in [6, 6.07) is 0.624. The number of morpholine rings is 1. The second kappa shape index (κ2) is 9.02. The quantitative estimate of drug-likeness (QED) is 0.606. The third kappa shape index (κ3) is 5.33. The number of hydrogen-bond acceptors (Lipinski definition) is 4. The Bertz CT molecular complexity index is 402. The van der Waals surface area contributed by atoms with Crippen LogP contribution in [0.25, 0.3) is 0 Å². The van der Waals surface area contributed by atoms with Crippen LogP contribution in [0.3, 0.4) is 0 Å². The summed E-state index contributed by atoms with van der Waals surface area (Å²) >= 11 is 0. The van der Waals surface area contributed by atoms with Crippen molar-refractivity contribution < 1.29 is 9.47 Å². The lowest BCUT2D eigenvalue weighted by molar-refractivity contribution is 0.0193. The number of nitrogens with one attached hydrogen (secondary N) is 1. The maximum atomic E-state index is 5.65. The van der Waals surface area contributed by atoms with Gasteiger partial charge in [0.05, 0.1) is 25.9 Å². The van der Waals surface area contributed by atoms with Gasteiger partial charge >= 0.3 is 0 Å². The van der Waals surface area contributed by atoms with E-state index in [-0.39, 0.29) is 11.5 Å². The van der Waals surface area contributed by atoms with Crippen molar-refractivity contribution in [2.24, 2.45) is 10.4 Å². The largest absolute Gasteiger partial charge is 0.379 e. The Morgan fingerprint density at radius 2 is 2.00 bits per heavy atom. The van der Waals surface area contributed by atoms with Crippen LogP contribution in [0.15, 0.2) is 4.99 Å². The van der Waals surface area contributed by atoms with E-state index in [0.717, 1.165) is 51.9 Å². The first-order valence-corrected chi connectivity index (χ1v) is 9.33. The lowest BCUT2D eigenvalue weighted by atomic mass is 9.89. The van der Waals surface area contributed by atoms with Crippen LogP contribution < -0.4 is 5.32 Å². The monoisotopic (exact) mass is 340 g/mol. The van der Waals surface area contributed by atoms with E-state index in [0.29, 0.717) is 12.6 Å². The average molecular weight is 341 g/mol. The molecule has 0 bridgehead atoms. The molecule has 2 rings (SSSR count). The van der Waals surface area contributed by atoms with Crippen LogP contribution in [-0.2, 0) is 9.47 Å². The lowest BCUT2D eigenvalue weighted by Crippen LogP contribution is -2.47. The number of nitrogens with zero attached hydrogens (tertiary/aromatic N) is 3. The van der Waals surface area contributed by atoms with Gasteiger partial charge in [0.25, 0.3) is 0 Å². The molecule has 140 valence electrons. The van der Waals surface area contributed by atoms with Crippen molar-refractivity contribution in [3.63, 3.8) is 0 Å². The fraction of sp³-hybridized carbons (Fsp3) is 0.944. The predicted octanol–water partition coefficient (Wildman–Crippen LogP) is 1.42. The zero-order chi connectivity index (χ0) is 17.6. The summed E-state index contributed by atoms with van der Waals surface area (Å²) in [5, 5.41) is 3.46. The molecule has 2 heterocycles. The van der Waals surface area contributed by atoms with Crippen LogP contribution in [-0.4, -0.2) is 87.5 Å². The molecule has 0 aromatic rings. The van der Waals surface area contributed by atoms with Crippen LogP contribution in [0.4, 0.5) is 0 Å². The van der Waals surface area contributed by atoms with E-state index in [9.17, 15) is 0 Å². The van der Waals surface area contributed by atoms with E-state index >= 15 is 0 Å². The summed E-state index contributed by atoms with van der Waals surface area (Å²) in [5.74, 6) is 1.03. The molecule has 2 aliphatic rings. The molecule has 6 nitrogen and oxygen atoms in total. The van der Waals surface area contributed by atoms with Gasteiger partial charge in [0.2, 0.25) is 0 Å². The number of guanidine groups is 1. The van der Waals surface area contributed by atoms with Crippen molar-refractivity contribution in [1.82, 2.24) is 15.1 Å². The smallest absolute Gasteiger partial charge is 0.194 e. The van der Waals surface area contributed by atoms with Crippen LogP contribution in [0.1, 0.15) is 34.1 Å². The van der Waals surface area contributed by atoms with Gasteiger partial charge < -0.3 is 19.7 Å². The topological polar surface area (TPSA) is 49.3 Å². The first-order chi connectivity index (χ1) is 11.5. The minimum atomic E-state index is 0.0942. The maximum Gasteiger partial charge on any atom is 0.194 e. The van der Waals surface area contributed by atoms with Crippen LogP contribution in [0.2, 0.25) is 0 Å². The summed E-state index contributed by atoms with van der Waals surface area (Å²) < 4.78 is 11.1. The highest BCUT2D eigenvalue weighted by atomic mass is 16.5. The third-order valence-electron chi connectivity index (χ3n) is 5.02. The second-order valence-corrected chi connectivity index (χ2v) is 7.82. The zero-order valence-corrected chi connectivity index (χ0v) is 16.2. The van der Waals surface area contributed by atoms with E-state index < -0.39 is 0 Å². The summed E-state index contributed by atoms with van der Waals surface area (Å²) in [4.78, 5) is 9.85. The standard InChI is InChI=1S/C18H36N4O2/c1-6-19-17(20-13-16(23-5)18(2,3)4)22-8-7-15(14-22)21-9-11-24-12-10-21/h15-16H,6-14H2,1-5H3,(H,19,20). The van der Waals surface area contributed by atoms with E-state index in [1.807, 2.05) is 0 Å². The van der Waals surface area contributed by atoms with Gasteiger partial charge in [-0.3, -0.25) is 9.89 Å². The highest BCUT2D eigenvalue weighted by Gasteiger charge is 2.31. The molecule has 6 heteroatoms. The van der Waals surface area contributed by atoms with Gasteiger partial charge in [-0.25, -0.2) is 0 Å². The van der Waals surface area contributed by atoms with Crippen molar-refractivity contribution in [2.45, 2.75) is 46.3 Å². The fourth-order valence-electron chi connectivity index (χ4n) is 3.47. The van der Waals surface area contributed by atoms with Gasteiger partial charge in [-0.1, -0.05) is 20.8 Å². The second-order valence-electron chi connectivity index (χ2n) is 7.82. The summed E-state index contributed by atoms with van der Waals surface area (Å²) in [7, 11) is 1.78. The molecule has 2 fully saturated rings. The van der Waals surface area contributed by atoms with Crippen molar-refractivity contribution in [1.29, 1.82) is 0 Å². The number of ether oxygens (including phenoxy) is 2. The number of methoxy groups -OCH3 is 1. The van der Waals surface area contributed by atoms with Gasteiger partial charge in [-0.2, -0.15) is 0 Å². The molecule has 0 radical (unpaired) electrons. The van der Waals surface area contributed by atoms with Crippen LogP contribution in [0.5, 0.6) is 0 Å². The molecular weight excluding hydrogens is 304 g/mol. The molecule has 0 aromatic heterocycles. The van der Waals surface area contributed by atoms with Gasteiger partial charge in [-0.15, -0.1) is 0 Å². The van der Waals surface area contributed by atoms with E-state index in [1.165, 1.54) is 6.42 Å². The molecule has 0 aromatic carbocycles. The molecule has 0 aliphatic carbocycles. The molecule has 0 spiro atoms. The Morgan fingerprint density at radius 1 is 1.29 bits per heavy atom. The van der Waals surface area contributed by atoms with Crippen LogP contribution >= 0.6 is 0 Å². The van der Waals surface area contributed by atoms with E-state index in [4.69, 9.17) is 14.5 Å². The Hall–Kier alpha value is -0.850. The molecule has 0 amide bonds. The predicted molar refractivity (Wildman–Crippen MR) is 98.6 cm³/mol. The number of hydrogen-bond donors (Lipinski definition) is 1. The summed E-state index contributed by atoms with van der Waals surface area (Å²) in [6.45, 7) is 16.3. The molecule has 2 unspecified atom stereocenters. The molecule has 2 aliphatic heterocycles.